The number of nitrogens with two attached hydrogens (primary N) is 2. The highest BCUT2D eigenvalue weighted by Crippen LogP contribution is 2.26. The Labute approximate surface area is 108 Å². The van der Waals surface area contributed by atoms with E-state index in [1.165, 1.54) is 0 Å². The van der Waals surface area contributed by atoms with Crippen LogP contribution in [0.15, 0.2) is 0 Å². The molecule has 2 amide bonds. The van der Waals surface area contributed by atoms with Gasteiger partial charge in [-0.3, -0.25) is 19.9 Å². The van der Waals surface area contributed by atoms with Crippen LogP contribution in [-0.2, 0) is 9.59 Å². The molecule has 6 nitrogen and oxygen atoms in total. The number of likely N-dealkylation sites (tertiary alicyclic amines) is 1. The van der Waals surface area contributed by atoms with E-state index < -0.39 is 0 Å². The van der Waals surface area contributed by atoms with Crippen molar-refractivity contribution < 1.29 is 9.59 Å². The third-order valence-electron chi connectivity index (χ3n) is 4.14. The first kappa shape index (κ1) is 14.9. The standard InChI is InChI=1S/C12H24N4O2/c1-7-4-5-10(11(13)17)6-16(7)9(3)8(2)12(18)15-14/h7-10H,4-6,14H2,1-3H3,(H2,13,17)(H,15,18). The summed E-state index contributed by atoms with van der Waals surface area (Å²) in [5.41, 5.74) is 7.55. The maximum absolute atomic E-state index is 11.6. The third kappa shape index (κ3) is 3.20. The molecule has 1 saturated heterocycles. The van der Waals surface area contributed by atoms with Gasteiger partial charge < -0.3 is 5.73 Å². The third-order valence-corrected chi connectivity index (χ3v) is 4.14. The number of nitrogens with one attached hydrogen (secondary N) is 1. The molecule has 0 aromatic rings. The summed E-state index contributed by atoms with van der Waals surface area (Å²) in [6.45, 7) is 6.56. The number of piperidine rings is 1. The van der Waals surface area contributed by atoms with Gasteiger partial charge in [0.15, 0.2) is 0 Å². The first-order chi connectivity index (χ1) is 8.38. The molecule has 1 aliphatic rings. The van der Waals surface area contributed by atoms with E-state index in [9.17, 15) is 9.59 Å². The molecular weight excluding hydrogens is 232 g/mol. The zero-order valence-electron chi connectivity index (χ0n) is 11.3. The largest absolute Gasteiger partial charge is 0.369 e. The molecule has 18 heavy (non-hydrogen) atoms. The fourth-order valence-corrected chi connectivity index (χ4v) is 2.57. The van der Waals surface area contributed by atoms with E-state index >= 15 is 0 Å². The Bertz CT molecular complexity index is 321. The van der Waals surface area contributed by atoms with Crippen molar-refractivity contribution in [3.63, 3.8) is 0 Å². The minimum atomic E-state index is -0.255. The van der Waals surface area contributed by atoms with Crippen molar-refractivity contribution in [2.45, 2.75) is 45.7 Å². The van der Waals surface area contributed by atoms with E-state index in [1.54, 1.807) is 0 Å². The molecule has 1 rings (SSSR count). The Morgan fingerprint density at radius 1 is 1.33 bits per heavy atom. The molecule has 1 fully saturated rings. The summed E-state index contributed by atoms with van der Waals surface area (Å²) < 4.78 is 0. The zero-order chi connectivity index (χ0) is 13.9. The van der Waals surface area contributed by atoms with E-state index in [0.29, 0.717) is 12.6 Å². The van der Waals surface area contributed by atoms with Gasteiger partial charge in [-0.15, -0.1) is 0 Å². The fourth-order valence-electron chi connectivity index (χ4n) is 2.57. The van der Waals surface area contributed by atoms with E-state index in [2.05, 4.69) is 17.2 Å². The molecule has 0 saturated carbocycles. The van der Waals surface area contributed by atoms with Gasteiger partial charge in [-0.2, -0.15) is 0 Å². The van der Waals surface area contributed by atoms with Gasteiger partial charge in [-0.1, -0.05) is 6.92 Å². The smallest absolute Gasteiger partial charge is 0.238 e. The number of carbonyl (C=O) groups excluding carboxylic acids is 2. The van der Waals surface area contributed by atoms with Crippen molar-refractivity contribution in [1.29, 1.82) is 0 Å². The SMILES string of the molecule is CC(C(=O)NN)C(C)N1CC(C(N)=O)CCC1C. The maximum atomic E-state index is 11.6. The predicted octanol–water partition coefficient (Wildman–Crippen LogP) is -0.413. The molecule has 4 atom stereocenters. The number of hydrazine groups is 1. The Morgan fingerprint density at radius 3 is 2.44 bits per heavy atom. The van der Waals surface area contributed by atoms with E-state index in [4.69, 9.17) is 11.6 Å². The average Bonchev–Trinajstić information content (AvgIpc) is 2.36. The zero-order valence-corrected chi connectivity index (χ0v) is 11.3. The second-order valence-electron chi connectivity index (χ2n) is 5.26. The summed E-state index contributed by atoms with van der Waals surface area (Å²) in [5, 5.41) is 0. The van der Waals surface area contributed by atoms with Crippen molar-refractivity contribution >= 4 is 11.8 Å². The lowest BCUT2D eigenvalue weighted by atomic mass is 9.89. The van der Waals surface area contributed by atoms with Crippen LogP contribution < -0.4 is 17.0 Å². The predicted molar refractivity (Wildman–Crippen MR) is 69.0 cm³/mol. The summed E-state index contributed by atoms with van der Waals surface area (Å²) >= 11 is 0. The van der Waals surface area contributed by atoms with Crippen LogP contribution in [-0.4, -0.2) is 35.3 Å². The van der Waals surface area contributed by atoms with Gasteiger partial charge in [0.2, 0.25) is 11.8 Å². The Kier molecular flexibility index (Phi) is 5.10. The average molecular weight is 256 g/mol. The molecule has 0 bridgehead atoms. The van der Waals surface area contributed by atoms with Crippen LogP contribution in [0.25, 0.3) is 0 Å². The lowest BCUT2D eigenvalue weighted by molar-refractivity contribution is -0.128. The fraction of sp³-hybridized carbons (Fsp3) is 0.833. The molecule has 0 aliphatic carbocycles. The molecule has 4 unspecified atom stereocenters. The van der Waals surface area contributed by atoms with Gasteiger partial charge in [0.25, 0.3) is 0 Å². The molecular formula is C12H24N4O2. The molecule has 0 aromatic carbocycles. The molecule has 0 radical (unpaired) electrons. The van der Waals surface area contributed by atoms with Crippen molar-refractivity contribution in [1.82, 2.24) is 10.3 Å². The summed E-state index contributed by atoms with van der Waals surface area (Å²) in [6, 6.07) is 0.384. The van der Waals surface area contributed by atoms with E-state index in [-0.39, 0.29) is 29.7 Å². The van der Waals surface area contributed by atoms with Gasteiger partial charge in [0.1, 0.15) is 0 Å². The van der Waals surface area contributed by atoms with Crippen molar-refractivity contribution in [3.8, 4) is 0 Å². The minimum absolute atomic E-state index is 0.0331. The van der Waals surface area contributed by atoms with Crippen LogP contribution in [0.1, 0.15) is 33.6 Å². The van der Waals surface area contributed by atoms with Gasteiger partial charge in [0.05, 0.1) is 11.8 Å². The molecule has 5 N–H and O–H groups in total. The molecule has 1 heterocycles. The second-order valence-corrected chi connectivity index (χ2v) is 5.26. The second kappa shape index (κ2) is 6.15. The first-order valence-corrected chi connectivity index (χ1v) is 6.44. The first-order valence-electron chi connectivity index (χ1n) is 6.44. The summed E-state index contributed by atoms with van der Waals surface area (Å²) in [7, 11) is 0. The van der Waals surface area contributed by atoms with Crippen LogP contribution in [0.2, 0.25) is 0 Å². The number of amides is 2. The van der Waals surface area contributed by atoms with Crippen molar-refractivity contribution in [2.75, 3.05) is 6.54 Å². The lowest BCUT2D eigenvalue weighted by Gasteiger charge is -2.42. The topological polar surface area (TPSA) is 101 Å². The summed E-state index contributed by atoms with van der Waals surface area (Å²) in [6.07, 6.45) is 1.76. The van der Waals surface area contributed by atoms with Crippen molar-refractivity contribution in [3.05, 3.63) is 0 Å². The van der Waals surface area contributed by atoms with E-state index in [0.717, 1.165) is 12.8 Å². The Hall–Kier alpha value is -1.14. The Balaban J connectivity index is 2.72. The molecule has 1 aliphatic heterocycles. The van der Waals surface area contributed by atoms with Crippen LogP contribution in [0.3, 0.4) is 0 Å². The van der Waals surface area contributed by atoms with Crippen molar-refractivity contribution in [2.24, 2.45) is 23.4 Å². The highest BCUT2D eigenvalue weighted by molar-refractivity contribution is 5.78. The number of primary amides is 1. The lowest BCUT2D eigenvalue weighted by Crippen LogP contribution is -2.54. The highest BCUT2D eigenvalue weighted by atomic mass is 16.2. The Morgan fingerprint density at radius 2 is 1.94 bits per heavy atom. The van der Waals surface area contributed by atoms with Crippen LogP contribution in [0.5, 0.6) is 0 Å². The molecule has 6 heteroatoms. The van der Waals surface area contributed by atoms with Crippen LogP contribution in [0.4, 0.5) is 0 Å². The van der Waals surface area contributed by atoms with Crippen LogP contribution >= 0.6 is 0 Å². The summed E-state index contributed by atoms with van der Waals surface area (Å²) in [5.74, 6) is 4.39. The quantitative estimate of drug-likeness (QED) is 0.361. The maximum Gasteiger partial charge on any atom is 0.238 e. The van der Waals surface area contributed by atoms with Gasteiger partial charge in [-0.25, -0.2) is 5.84 Å². The van der Waals surface area contributed by atoms with E-state index in [1.807, 2.05) is 13.8 Å². The molecule has 0 spiro atoms. The number of hydrogen-bond donors (Lipinski definition) is 3. The normalized spacial score (nSPS) is 28.4. The number of hydrogen-bond acceptors (Lipinski definition) is 4. The van der Waals surface area contributed by atoms with Gasteiger partial charge in [0, 0.05) is 18.6 Å². The van der Waals surface area contributed by atoms with Gasteiger partial charge >= 0.3 is 0 Å². The summed E-state index contributed by atoms with van der Waals surface area (Å²) in [4.78, 5) is 25.0. The van der Waals surface area contributed by atoms with Gasteiger partial charge in [-0.05, 0) is 26.7 Å². The van der Waals surface area contributed by atoms with Crippen LogP contribution in [0, 0.1) is 11.8 Å². The molecule has 0 aromatic heterocycles. The minimum Gasteiger partial charge on any atom is -0.369 e. The number of rotatable bonds is 4. The molecule has 104 valence electrons. The number of carbonyl (C=O) groups is 2. The number of nitrogens with zero attached hydrogens (tertiary/aromatic N) is 1. The highest BCUT2D eigenvalue weighted by Gasteiger charge is 2.34. The monoisotopic (exact) mass is 256 g/mol.